The summed E-state index contributed by atoms with van der Waals surface area (Å²) in [5.41, 5.74) is 6.92. The molecule has 0 spiro atoms. The van der Waals surface area contributed by atoms with Gasteiger partial charge in [0.15, 0.2) is 9.84 Å². The van der Waals surface area contributed by atoms with Gasteiger partial charge in [-0.3, -0.25) is 9.59 Å². The molecule has 0 fully saturated rings. The van der Waals surface area contributed by atoms with Gasteiger partial charge in [0, 0.05) is 18.3 Å². The maximum Gasteiger partial charge on any atom is 0.241 e. The van der Waals surface area contributed by atoms with E-state index in [1.807, 2.05) is 6.07 Å². The summed E-state index contributed by atoms with van der Waals surface area (Å²) in [6.45, 7) is 1.37. The lowest BCUT2D eigenvalue weighted by molar-refractivity contribution is -0.117. The average Bonchev–Trinajstić information content (AvgIpc) is 2.60. The van der Waals surface area contributed by atoms with E-state index in [9.17, 15) is 18.0 Å². The van der Waals surface area contributed by atoms with E-state index < -0.39 is 21.8 Å². The van der Waals surface area contributed by atoms with Crippen LogP contribution in [0.2, 0.25) is 0 Å². The zero-order valence-electron chi connectivity index (χ0n) is 14.3. The molecule has 0 bridgehead atoms. The van der Waals surface area contributed by atoms with Crippen LogP contribution in [0.25, 0.3) is 0 Å². The number of rotatable bonds is 7. The van der Waals surface area contributed by atoms with Gasteiger partial charge < -0.3 is 16.4 Å². The smallest absolute Gasteiger partial charge is 0.241 e. The number of hydrogen-bond acceptors (Lipinski definition) is 5. The van der Waals surface area contributed by atoms with E-state index in [4.69, 9.17) is 5.73 Å². The van der Waals surface area contributed by atoms with Crippen LogP contribution in [-0.2, 0) is 19.4 Å². The molecule has 0 heterocycles. The maximum atomic E-state index is 12.4. The van der Waals surface area contributed by atoms with Gasteiger partial charge in [0.25, 0.3) is 0 Å². The molecule has 0 radical (unpaired) electrons. The second kappa shape index (κ2) is 8.59. The number of anilines is 2. The highest BCUT2D eigenvalue weighted by molar-refractivity contribution is 7.91. The van der Waals surface area contributed by atoms with Crippen LogP contribution >= 0.6 is 0 Å². The van der Waals surface area contributed by atoms with Crippen LogP contribution in [0.3, 0.4) is 0 Å². The first-order valence-corrected chi connectivity index (χ1v) is 9.65. The Morgan fingerprint density at radius 3 is 2.12 bits per heavy atom. The van der Waals surface area contributed by atoms with Gasteiger partial charge >= 0.3 is 0 Å². The van der Waals surface area contributed by atoms with Crippen molar-refractivity contribution in [2.45, 2.75) is 24.3 Å². The van der Waals surface area contributed by atoms with E-state index in [0.29, 0.717) is 11.4 Å². The second-order valence-corrected chi connectivity index (χ2v) is 7.88. The Morgan fingerprint density at radius 1 is 0.962 bits per heavy atom. The second-order valence-electron chi connectivity index (χ2n) is 5.77. The summed E-state index contributed by atoms with van der Waals surface area (Å²) in [7, 11) is -3.58. The minimum atomic E-state index is -3.58. The lowest BCUT2D eigenvalue weighted by atomic mass is 10.2. The fraction of sp³-hybridized carbons (Fsp3) is 0.222. The normalized spacial score (nSPS) is 12.2. The fourth-order valence-electron chi connectivity index (χ4n) is 2.24. The number of nitrogens with one attached hydrogen (secondary N) is 2. The first-order valence-electron chi connectivity index (χ1n) is 8.00. The lowest BCUT2D eigenvalue weighted by Crippen LogP contribution is -2.37. The van der Waals surface area contributed by atoms with Crippen LogP contribution in [0.5, 0.6) is 0 Å². The van der Waals surface area contributed by atoms with E-state index in [1.165, 1.54) is 31.2 Å². The standard InChI is InChI=1S/C18H21N3O4S/c1-13(22)20-15-7-9-16(10-8-15)26(24,25)12-11-17(19)18(23)21-14-5-3-2-4-6-14/h2-10,17H,11-12,19H2,1H3,(H,20,22)(H,21,23). The highest BCUT2D eigenvalue weighted by atomic mass is 32.2. The van der Waals surface area contributed by atoms with Gasteiger partial charge in [-0.2, -0.15) is 0 Å². The number of hydrogen-bond donors (Lipinski definition) is 3. The quantitative estimate of drug-likeness (QED) is 0.682. The van der Waals surface area contributed by atoms with Gasteiger partial charge in [-0.15, -0.1) is 0 Å². The Balaban J connectivity index is 1.94. The van der Waals surface area contributed by atoms with Crippen LogP contribution in [0, 0.1) is 0 Å². The Morgan fingerprint density at radius 2 is 1.54 bits per heavy atom. The van der Waals surface area contributed by atoms with Crippen molar-refractivity contribution in [3.8, 4) is 0 Å². The van der Waals surface area contributed by atoms with Gasteiger partial charge in [0.2, 0.25) is 11.8 Å². The van der Waals surface area contributed by atoms with Crippen molar-refractivity contribution in [3.05, 3.63) is 54.6 Å². The topological polar surface area (TPSA) is 118 Å². The number of carbonyl (C=O) groups excluding carboxylic acids is 2. The van der Waals surface area contributed by atoms with Crippen LogP contribution in [0.4, 0.5) is 11.4 Å². The van der Waals surface area contributed by atoms with Gasteiger partial charge in [0.05, 0.1) is 16.7 Å². The molecule has 1 unspecified atom stereocenters. The molecule has 1 atom stereocenters. The molecule has 0 aromatic heterocycles. The Hall–Kier alpha value is -2.71. The molecule has 4 N–H and O–H groups in total. The van der Waals surface area contributed by atoms with Crippen molar-refractivity contribution in [3.63, 3.8) is 0 Å². The number of carbonyl (C=O) groups is 2. The molecule has 0 aliphatic rings. The van der Waals surface area contributed by atoms with Crippen molar-refractivity contribution in [1.82, 2.24) is 0 Å². The molecule has 26 heavy (non-hydrogen) atoms. The summed E-state index contributed by atoms with van der Waals surface area (Å²) in [6.07, 6.45) is -0.00551. The van der Waals surface area contributed by atoms with Crippen molar-refractivity contribution < 1.29 is 18.0 Å². The molecule has 2 amide bonds. The highest BCUT2D eigenvalue weighted by Gasteiger charge is 2.20. The maximum absolute atomic E-state index is 12.4. The van der Waals surface area contributed by atoms with E-state index in [1.54, 1.807) is 24.3 Å². The summed E-state index contributed by atoms with van der Waals surface area (Å²) in [6, 6.07) is 13.7. The minimum Gasteiger partial charge on any atom is -0.326 e. The number of nitrogens with two attached hydrogens (primary N) is 1. The number of sulfone groups is 1. The Bertz CT molecular complexity index is 865. The van der Waals surface area contributed by atoms with E-state index in [0.717, 1.165) is 0 Å². The Labute approximate surface area is 152 Å². The summed E-state index contributed by atoms with van der Waals surface area (Å²) in [5, 5.41) is 5.21. The molecule has 0 saturated carbocycles. The van der Waals surface area contributed by atoms with E-state index in [-0.39, 0.29) is 23.0 Å². The predicted octanol–water partition coefficient (Wildman–Crippen LogP) is 1.77. The van der Waals surface area contributed by atoms with Crippen molar-refractivity contribution in [1.29, 1.82) is 0 Å². The third-order valence-electron chi connectivity index (χ3n) is 3.61. The largest absolute Gasteiger partial charge is 0.326 e. The molecule has 8 heteroatoms. The predicted molar refractivity (Wildman–Crippen MR) is 100 cm³/mol. The molecule has 7 nitrogen and oxygen atoms in total. The zero-order valence-corrected chi connectivity index (χ0v) is 15.1. The van der Waals surface area contributed by atoms with E-state index >= 15 is 0 Å². The molecule has 138 valence electrons. The molecule has 0 saturated heterocycles. The summed E-state index contributed by atoms with van der Waals surface area (Å²) in [5.74, 6) is -0.932. The van der Waals surface area contributed by atoms with Crippen molar-refractivity contribution >= 4 is 33.0 Å². The molecular formula is C18H21N3O4S. The number of para-hydroxylation sites is 1. The third kappa shape index (κ3) is 5.68. The van der Waals surface area contributed by atoms with Crippen LogP contribution in [0.15, 0.2) is 59.5 Å². The summed E-state index contributed by atoms with van der Waals surface area (Å²) >= 11 is 0. The van der Waals surface area contributed by atoms with Gasteiger partial charge in [-0.1, -0.05) is 18.2 Å². The van der Waals surface area contributed by atoms with Crippen LogP contribution in [-0.4, -0.2) is 32.0 Å². The number of benzene rings is 2. The van der Waals surface area contributed by atoms with Crippen LogP contribution < -0.4 is 16.4 Å². The summed E-state index contributed by atoms with van der Waals surface area (Å²) < 4.78 is 24.8. The summed E-state index contributed by atoms with van der Waals surface area (Å²) in [4.78, 5) is 23.1. The lowest BCUT2D eigenvalue weighted by Gasteiger charge is -2.12. The molecule has 2 aromatic rings. The van der Waals surface area contributed by atoms with Crippen molar-refractivity contribution in [2.75, 3.05) is 16.4 Å². The van der Waals surface area contributed by atoms with Crippen LogP contribution in [0.1, 0.15) is 13.3 Å². The first-order chi connectivity index (χ1) is 12.3. The molecule has 2 aromatic carbocycles. The average molecular weight is 375 g/mol. The minimum absolute atomic E-state index is 0.00551. The molecule has 0 aliphatic carbocycles. The Kier molecular flexibility index (Phi) is 6.48. The SMILES string of the molecule is CC(=O)Nc1ccc(S(=O)(=O)CCC(N)C(=O)Nc2ccccc2)cc1. The van der Waals surface area contributed by atoms with Gasteiger partial charge in [-0.25, -0.2) is 8.42 Å². The first kappa shape index (κ1) is 19.6. The zero-order chi connectivity index (χ0) is 19.2. The van der Waals surface area contributed by atoms with Crippen molar-refractivity contribution in [2.24, 2.45) is 5.73 Å². The molecular weight excluding hydrogens is 354 g/mol. The van der Waals surface area contributed by atoms with Gasteiger partial charge in [-0.05, 0) is 42.8 Å². The molecule has 2 rings (SSSR count). The third-order valence-corrected chi connectivity index (χ3v) is 5.37. The van der Waals surface area contributed by atoms with E-state index in [2.05, 4.69) is 10.6 Å². The number of amides is 2. The van der Waals surface area contributed by atoms with Gasteiger partial charge in [0.1, 0.15) is 0 Å². The molecule has 0 aliphatic heterocycles. The highest BCUT2D eigenvalue weighted by Crippen LogP contribution is 2.17. The monoisotopic (exact) mass is 375 g/mol. The fourth-order valence-corrected chi connectivity index (χ4v) is 3.59.